The van der Waals surface area contributed by atoms with Crippen molar-refractivity contribution in [1.82, 2.24) is 10.4 Å². The van der Waals surface area contributed by atoms with Crippen molar-refractivity contribution in [2.24, 2.45) is 11.7 Å². The van der Waals surface area contributed by atoms with Crippen LogP contribution in [0, 0.1) is 17.2 Å². The third-order valence-electron chi connectivity index (χ3n) is 5.82. The summed E-state index contributed by atoms with van der Waals surface area (Å²) in [6.07, 6.45) is 0. The Kier molecular flexibility index (Phi) is 5.41. The van der Waals surface area contributed by atoms with Crippen LogP contribution in [0.3, 0.4) is 0 Å². The molecule has 1 saturated heterocycles. The average molecular weight is 409 g/mol. The number of hydrogen-bond donors (Lipinski definition) is 2. The first kappa shape index (κ1) is 20.3. The van der Waals surface area contributed by atoms with Crippen LogP contribution in [0.4, 0.5) is 5.69 Å². The van der Waals surface area contributed by atoms with Gasteiger partial charge in [-0.1, -0.05) is 26.0 Å². The second-order valence-corrected chi connectivity index (χ2v) is 7.97. The smallest absolute Gasteiger partial charge is 0.253 e. The molecule has 0 spiro atoms. The number of nitrogens with two attached hydrogens (primary N) is 1. The van der Waals surface area contributed by atoms with Gasteiger partial charge < -0.3 is 20.1 Å². The standard InChI is InChI=1S/C22H27N5O3/c1-4-27-22-19(20(25-27)13(2)3)18(16(11-23)21(24)30-22)14-5-7-15(8-6-14)26-9-10-29-12-17(26)28/h5-8,13,18,20,25H,4,9-10,12,24H2,1-3H3. The van der Waals surface area contributed by atoms with Gasteiger partial charge in [0.25, 0.3) is 5.91 Å². The van der Waals surface area contributed by atoms with Crippen LogP contribution < -0.4 is 16.1 Å². The summed E-state index contributed by atoms with van der Waals surface area (Å²) in [6, 6.07) is 10.1. The van der Waals surface area contributed by atoms with Crippen molar-refractivity contribution in [3.63, 3.8) is 0 Å². The number of allylic oxidation sites excluding steroid dienone is 1. The zero-order chi connectivity index (χ0) is 21.4. The molecule has 0 bridgehead atoms. The molecule has 0 radical (unpaired) electrons. The number of nitrogens with zero attached hydrogens (tertiary/aromatic N) is 3. The van der Waals surface area contributed by atoms with Crippen LogP contribution in [0.15, 0.2) is 47.2 Å². The molecular formula is C22H27N5O3. The van der Waals surface area contributed by atoms with Crippen molar-refractivity contribution < 1.29 is 14.3 Å². The number of hydrazine groups is 1. The highest BCUT2D eigenvalue weighted by molar-refractivity contribution is 5.94. The molecule has 1 aromatic rings. The first-order valence-electron chi connectivity index (χ1n) is 10.3. The summed E-state index contributed by atoms with van der Waals surface area (Å²) in [5.74, 6) is 0.764. The lowest BCUT2D eigenvalue weighted by atomic mass is 9.78. The number of carbonyl (C=O) groups excluding carboxylic acids is 1. The molecule has 30 heavy (non-hydrogen) atoms. The molecular weight excluding hydrogens is 382 g/mol. The van der Waals surface area contributed by atoms with Crippen molar-refractivity contribution in [1.29, 1.82) is 5.26 Å². The molecule has 2 unspecified atom stereocenters. The quantitative estimate of drug-likeness (QED) is 0.783. The summed E-state index contributed by atoms with van der Waals surface area (Å²) in [6.45, 7) is 8.18. The number of morpholine rings is 1. The fourth-order valence-corrected chi connectivity index (χ4v) is 4.31. The lowest BCUT2D eigenvalue weighted by Gasteiger charge is -2.30. The van der Waals surface area contributed by atoms with Crippen molar-refractivity contribution in [3.8, 4) is 6.07 Å². The summed E-state index contributed by atoms with van der Waals surface area (Å²) in [4.78, 5) is 13.9. The van der Waals surface area contributed by atoms with Crippen molar-refractivity contribution in [3.05, 3.63) is 52.7 Å². The second-order valence-electron chi connectivity index (χ2n) is 7.97. The number of nitrogens with one attached hydrogen (secondary N) is 1. The van der Waals surface area contributed by atoms with Gasteiger partial charge in [0.2, 0.25) is 11.8 Å². The van der Waals surface area contributed by atoms with Gasteiger partial charge in [0.05, 0.1) is 18.6 Å². The van der Waals surface area contributed by atoms with Crippen molar-refractivity contribution >= 4 is 11.6 Å². The minimum absolute atomic E-state index is 0.0295. The highest BCUT2D eigenvalue weighted by atomic mass is 16.5. The summed E-state index contributed by atoms with van der Waals surface area (Å²) in [5.41, 5.74) is 12.8. The van der Waals surface area contributed by atoms with E-state index in [4.69, 9.17) is 15.2 Å². The first-order chi connectivity index (χ1) is 14.5. The maximum absolute atomic E-state index is 12.2. The van der Waals surface area contributed by atoms with Gasteiger partial charge in [-0.15, -0.1) is 0 Å². The van der Waals surface area contributed by atoms with E-state index in [1.54, 1.807) is 4.90 Å². The van der Waals surface area contributed by atoms with Crippen molar-refractivity contribution in [2.75, 3.05) is 31.2 Å². The Morgan fingerprint density at radius 3 is 2.67 bits per heavy atom. The van der Waals surface area contributed by atoms with Gasteiger partial charge in [-0.05, 0) is 30.5 Å². The Hall–Kier alpha value is -3.02. The molecule has 0 aromatic heterocycles. The molecule has 8 nitrogen and oxygen atoms in total. The topological polar surface area (TPSA) is 104 Å². The van der Waals surface area contributed by atoms with Gasteiger partial charge in [-0.3, -0.25) is 9.80 Å². The van der Waals surface area contributed by atoms with Crippen LogP contribution >= 0.6 is 0 Å². The van der Waals surface area contributed by atoms with Crippen LogP contribution in [0.25, 0.3) is 0 Å². The number of rotatable bonds is 4. The van der Waals surface area contributed by atoms with Gasteiger partial charge >= 0.3 is 0 Å². The fraction of sp³-hybridized carbons (Fsp3) is 0.455. The monoisotopic (exact) mass is 409 g/mol. The number of amides is 1. The third kappa shape index (κ3) is 3.30. The number of benzene rings is 1. The van der Waals surface area contributed by atoms with E-state index in [1.807, 2.05) is 36.2 Å². The molecule has 8 heteroatoms. The predicted molar refractivity (Wildman–Crippen MR) is 111 cm³/mol. The Morgan fingerprint density at radius 1 is 1.33 bits per heavy atom. The van der Waals surface area contributed by atoms with E-state index < -0.39 is 0 Å². The van der Waals surface area contributed by atoms with Crippen LogP contribution in [0.2, 0.25) is 0 Å². The van der Waals surface area contributed by atoms with E-state index in [0.29, 0.717) is 37.1 Å². The molecule has 158 valence electrons. The summed E-state index contributed by atoms with van der Waals surface area (Å²) < 4.78 is 11.1. The second kappa shape index (κ2) is 8.01. The van der Waals surface area contributed by atoms with E-state index in [1.165, 1.54) is 0 Å². The Bertz CT molecular complexity index is 945. The van der Waals surface area contributed by atoms with Gasteiger partial charge in [0, 0.05) is 24.4 Å². The van der Waals surface area contributed by atoms with Gasteiger partial charge in [0.15, 0.2) is 0 Å². The molecule has 1 amide bonds. The van der Waals surface area contributed by atoms with E-state index >= 15 is 0 Å². The average Bonchev–Trinajstić information content (AvgIpc) is 3.11. The Morgan fingerprint density at radius 2 is 2.07 bits per heavy atom. The number of ether oxygens (including phenoxy) is 2. The molecule has 2 atom stereocenters. The summed E-state index contributed by atoms with van der Waals surface area (Å²) in [5, 5.41) is 11.8. The highest BCUT2D eigenvalue weighted by Crippen LogP contribution is 2.45. The lowest BCUT2D eigenvalue weighted by Crippen LogP contribution is -2.41. The predicted octanol–water partition coefficient (Wildman–Crippen LogP) is 1.93. The Labute approximate surface area is 176 Å². The van der Waals surface area contributed by atoms with E-state index in [2.05, 4.69) is 25.3 Å². The molecule has 3 N–H and O–H groups in total. The number of anilines is 1. The maximum Gasteiger partial charge on any atom is 0.253 e. The largest absolute Gasteiger partial charge is 0.423 e. The number of carbonyl (C=O) groups is 1. The molecule has 4 rings (SSSR count). The number of hydrogen-bond acceptors (Lipinski definition) is 7. The van der Waals surface area contributed by atoms with Gasteiger partial charge in [0.1, 0.15) is 18.2 Å². The lowest BCUT2D eigenvalue weighted by molar-refractivity contribution is -0.125. The van der Waals surface area contributed by atoms with Crippen LogP contribution in [-0.2, 0) is 14.3 Å². The molecule has 1 fully saturated rings. The van der Waals surface area contributed by atoms with E-state index in [9.17, 15) is 10.1 Å². The van der Waals surface area contributed by atoms with Crippen LogP contribution in [-0.4, -0.2) is 43.3 Å². The summed E-state index contributed by atoms with van der Waals surface area (Å²) >= 11 is 0. The fourth-order valence-electron chi connectivity index (χ4n) is 4.31. The summed E-state index contributed by atoms with van der Waals surface area (Å²) in [7, 11) is 0. The zero-order valence-electron chi connectivity index (χ0n) is 17.5. The normalized spacial score (nSPS) is 24.3. The number of nitriles is 1. The molecule has 3 aliphatic heterocycles. The highest BCUT2D eigenvalue weighted by Gasteiger charge is 2.44. The molecule has 3 heterocycles. The Balaban J connectivity index is 1.75. The van der Waals surface area contributed by atoms with Crippen molar-refractivity contribution in [2.45, 2.75) is 32.7 Å². The van der Waals surface area contributed by atoms with E-state index in [-0.39, 0.29) is 30.4 Å². The molecule has 3 aliphatic rings. The van der Waals surface area contributed by atoms with Crippen LogP contribution in [0.5, 0.6) is 0 Å². The molecule has 0 saturated carbocycles. The van der Waals surface area contributed by atoms with Gasteiger partial charge in [-0.2, -0.15) is 5.26 Å². The maximum atomic E-state index is 12.2. The minimum atomic E-state index is -0.301. The molecule has 0 aliphatic carbocycles. The van der Waals surface area contributed by atoms with E-state index in [0.717, 1.165) is 16.8 Å². The SMILES string of the molecule is CCN1NC(C(C)C)C2=C1OC(N)=C(C#N)C2c1ccc(N2CCOCC2=O)cc1. The van der Waals surface area contributed by atoms with Crippen LogP contribution in [0.1, 0.15) is 32.3 Å². The first-order valence-corrected chi connectivity index (χ1v) is 10.3. The zero-order valence-corrected chi connectivity index (χ0v) is 17.5. The van der Waals surface area contributed by atoms with Gasteiger partial charge in [-0.25, -0.2) is 5.43 Å². The molecule has 1 aromatic carbocycles. The third-order valence-corrected chi connectivity index (χ3v) is 5.82. The minimum Gasteiger partial charge on any atom is -0.423 e.